The normalized spacial score (nSPS) is 18.5. The van der Waals surface area contributed by atoms with Gasteiger partial charge in [-0.3, -0.25) is 24.6 Å². The molecule has 3 aliphatic rings. The number of methoxy groups -OCH3 is 2. The molecule has 15 nitrogen and oxygen atoms in total. The molecule has 2 aromatic carbocycles. The van der Waals surface area contributed by atoms with Crippen LogP contribution in [-0.4, -0.2) is 142 Å². The SMILES string of the molecule is C/C=C1\CC(/C=N\c2cc(OCc3cc(OCCOCCOCCN(C)CC(C)(C)S)cc(COc4cc5c(cc4OC)C(=O)N4C/C(=C/C)CC4C=N5)n3)c(OC)cc2C)N(C=O)C1. The number of thiol groups is 1. The third-order valence-electron chi connectivity index (χ3n) is 11.3. The summed E-state index contributed by atoms with van der Waals surface area (Å²) in [5, 5.41) is 0. The first-order valence-corrected chi connectivity index (χ1v) is 22.5. The van der Waals surface area contributed by atoms with Gasteiger partial charge in [-0.25, -0.2) is 0 Å². The first kappa shape index (κ1) is 49.0. The van der Waals surface area contributed by atoms with Crippen LogP contribution >= 0.6 is 12.6 Å². The van der Waals surface area contributed by atoms with Crippen LogP contribution in [0.2, 0.25) is 0 Å². The van der Waals surface area contributed by atoms with Crippen molar-refractivity contribution in [2.24, 2.45) is 9.98 Å². The topological polar surface area (TPSA) is 146 Å². The van der Waals surface area contributed by atoms with Crippen LogP contribution in [0.15, 0.2) is 69.7 Å². The summed E-state index contributed by atoms with van der Waals surface area (Å²) in [4.78, 5) is 45.6. The second kappa shape index (κ2) is 23.2. The van der Waals surface area contributed by atoms with Crippen molar-refractivity contribution in [2.45, 2.75) is 77.5 Å². The predicted molar refractivity (Wildman–Crippen MR) is 256 cm³/mol. The van der Waals surface area contributed by atoms with E-state index < -0.39 is 0 Å². The number of carbonyl (C=O) groups excluding carboxylic acids is 2. The number of aromatic nitrogens is 1. The Balaban J connectivity index is 1.15. The molecule has 0 spiro atoms. The second-order valence-corrected chi connectivity index (χ2v) is 18.2. The molecule has 65 heavy (non-hydrogen) atoms. The highest BCUT2D eigenvalue weighted by atomic mass is 32.1. The van der Waals surface area contributed by atoms with Crippen molar-refractivity contribution in [3.63, 3.8) is 0 Å². The molecule has 1 aromatic heterocycles. The lowest BCUT2D eigenvalue weighted by atomic mass is 10.1. The number of benzene rings is 2. The zero-order valence-corrected chi connectivity index (χ0v) is 39.9. The van der Waals surface area contributed by atoms with Crippen LogP contribution in [0.25, 0.3) is 0 Å². The van der Waals surface area contributed by atoms with Gasteiger partial charge in [0.25, 0.3) is 5.91 Å². The fourth-order valence-electron chi connectivity index (χ4n) is 7.91. The van der Waals surface area contributed by atoms with Crippen LogP contribution in [-0.2, 0) is 27.5 Å². The van der Waals surface area contributed by atoms with Crippen LogP contribution < -0.4 is 23.7 Å². The highest BCUT2D eigenvalue weighted by Crippen LogP contribution is 2.40. The van der Waals surface area contributed by atoms with E-state index in [0.717, 1.165) is 37.9 Å². The van der Waals surface area contributed by atoms with Gasteiger partial charge in [0.2, 0.25) is 6.41 Å². The maximum Gasteiger partial charge on any atom is 0.257 e. The highest BCUT2D eigenvalue weighted by Gasteiger charge is 2.35. The van der Waals surface area contributed by atoms with Crippen molar-refractivity contribution in [1.29, 1.82) is 0 Å². The standard InChI is InChI=1S/C49H64N6O9S/c1-9-34-18-38(54(27-34)32-56)25-50-42-23-46(44(58-7)17-33(42)3)63-29-36-20-40(62-16-15-61-14-13-60-12-11-53(6)31-49(4,5)65)21-37(52-36)30-64-47-24-43-41(22-45(47)59-8)48(57)55-28-35(10-2)19-39(55)26-51-43/h9-10,17,20-26,32,38-39,65H,11-16,18-19,27-31H2,1-8H3/b34-9+,35-10+,50-25-. The number of carbonyl (C=O) groups is 2. The first-order valence-electron chi connectivity index (χ1n) is 22.0. The fourth-order valence-corrected chi connectivity index (χ4v) is 8.15. The van der Waals surface area contributed by atoms with E-state index in [4.69, 9.17) is 48.1 Å². The number of rotatable bonds is 23. The molecular weight excluding hydrogens is 849 g/mol. The smallest absolute Gasteiger partial charge is 0.257 e. The van der Waals surface area contributed by atoms with Crippen LogP contribution in [0, 0.1) is 6.92 Å². The monoisotopic (exact) mass is 912 g/mol. The molecule has 2 saturated heterocycles. The number of fused-ring (bicyclic) bond motifs is 2. The van der Waals surface area contributed by atoms with Crippen molar-refractivity contribution < 1.29 is 42.7 Å². The Bertz CT molecular complexity index is 2260. The van der Waals surface area contributed by atoms with E-state index in [0.29, 0.717) is 96.6 Å². The van der Waals surface area contributed by atoms with Gasteiger partial charge in [-0.15, -0.1) is 0 Å². The van der Waals surface area contributed by atoms with Crippen LogP contribution in [0.4, 0.5) is 11.4 Å². The average Bonchev–Trinajstić information content (AvgIpc) is 3.88. The summed E-state index contributed by atoms with van der Waals surface area (Å²) in [6.45, 7) is 15.2. The number of ether oxygens (including phenoxy) is 7. The van der Waals surface area contributed by atoms with E-state index in [-0.39, 0.29) is 42.6 Å². The van der Waals surface area contributed by atoms with Gasteiger partial charge >= 0.3 is 0 Å². The van der Waals surface area contributed by atoms with Crippen LogP contribution in [0.3, 0.4) is 0 Å². The zero-order valence-electron chi connectivity index (χ0n) is 39.0. The van der Waals surface area contributed by atoms with Crippen LogP contribution in [0.5, 0.6) is 28.7 Å². The molecule has 6 rings (SSSR count). The van der Waals surface area contributed by atoms with Crippen molar-refractivity contribution in [3.8, 4) is 28.7 Å². The summed E-state index contributed by atoms with van der Waals surface area (Å²) in [7, 11) is 5.19. The minimum atomic E-state index is -0.130. The van der Waals surface area contributed by atoms with Gasteiger partial charge in [0.15, 0.2) is 23.0 Å². The molecule has 16 heteroatoms. The van der Waals surface area contributed by atoms with E-state index in [2.05, 4.69) is 44.5 Å². The number of hydrogen-bond donors (Lipinski definition) is 1. The molecule has 0 aliphatic carbocycles. The number of pyridine rings is 1. The number of aryl methyl sites for hydroxylation is 1. The fraction of sp³-hybridized carbons (Fsp3) is 0.490. The van der Waals surface area contributed by atoms with Gasteiger partial charge in [0.1, 0.15) is 25.6 Å². The minimum Gasteiger partial charge on any atom is -0.493 e. The lowest BCUT2D eigenvalue weighted by Gasteiger charge is -2.25. The van der Waals surface area contributed by atoms with E-state index in [1.54, 1.807) is 31.3 Å². The molecule has 0 saturated carbocycles. The quantitative estimate of drug-likeness (QED) is 0.0335. The summed E-state index contributed by atoms with van der Waals surface area (Å²) < 4.78 is 41.9. The summed E-state index contributed by atoms with van der Waals surface area (Å²) >= 11 is 4.61. The Kier molecular flexibility index (Phi) is 17.5. The Morgan fingerprint density at radius 2 is 1.49 bits per heavy atom. The highest BCUT2D eigenvalue weighted by molar-refractivity contribution is 7.81. The molecule has 2 unspecified atom stereocenters. The Morgan fingerprint density at radius 3 is 2.15 bits per heavy atom. The van der Waals surface area contributed by atoms with Gasteiger partial charge in [-0.2, -0.15) is 12.6 Å². The van der Waals surface area contributed by atoms with E-state index in [9.17, 15) is 9.59 Å². The predicted octanol–water partition coefficient (Wildman–Crippen LogP) is 7.37. The summed E-state index contributed by atoms with van der Waals surface area (Å²) in [5.41, 5.74) is 6.09. The third-order valence-corrected chi connectivity index (χ3v) is 11.4. The summed E-state index contributed by atoms with van der Waals surface area (Å²) in [6, 6.07) is 10.5. The molecule has 2 fully saturated rings. The molecule has 0 bridgehead atoms. The molecule has 2 amide bonds. The van der Waals surface area contributed by atoms with E-state index >= 15 is 0 Å². The van der Waals surface area contributed by atoms with Crippen molar-refractivity contribution in [1.82, 2.24) is 19.7 Å². The summed E-state index contributed by atoms with van der Waals surface area (Å²) in [6.07, 6.45) is 10.1. The van der Waals surface area contributed by atoms with Crippen LogP contribution in [0.1, 0.15) is 67.8 Å². The second-order valence-electron chi connectivity index (χ2n) is 17.0. The van der Waals surface area contributed by atoms with Crippen molar-refractivity contribution in [3.05, 3.63) is 82.2 Å². The largest absolute Gasteiger partial charge is 0.493 e. The Morgan fingerprint density at radius 1 is 0.846 bits per heavy atom. The van der Waals surface area contributed by atoms with Gasteiger partial charge in [0.05, 0.1) is 81.1 Å². The van der Waals surface area contributed by atoms with Gasteiger partial charge in [-0.05, 0) is 72.2 Å². The van der Waals surface area contributed by atoms with E-state index in [1.165, 1.54) is 11.1 Å². The molecule has 0 N–H and O–H groups in total. The zero-order chi connectivity index (χ0) is 46.5. The molecule has 4 heterocycles. The van der Waals surface area contributed by atoms with Crippen molar-refractivity contribution in [2.75, 3.05) is 80.5 Å². The van der Waals surface area contributed by atoms with Gasteiger partial charge < -0.3 is 47.9 Å². The first-order chi connectivity index (χ1) is 31.3. The number of likely N-dealkylation sites (tertiary alicyclic amines) is 1. The van der Waals surface area contributed by atoms with Gasteiger partial charge in [0, 0.05) is 67.6 Å². The molecule has 2 atom stereocenters. The van der Waals surface area contributed by atoms with Crippen molar-refractivity contribution >= 4 is 48.8 Å². The number of hydrogen-bond acceptors (Lipinski definition) is 14. The lowest BCUT2D eigenvalue weighted by Crippen LogP contribution is -2.35. The summed E-state index contributed by atoms with van der Waals surface area (Å²) in [5.74, 6) is 2.29. The molecule has 3 aromatic rings. The molecule has 350 valence electrons. The molecule has 3 aliphatic heterocycles. The Hall–Kier alpha value is -5.42. The third kappa shape index (κ3) is 13.6. The number of likely N-dealkylation sites (N-methyl/N-ethyl adjacent to an activating group) is 1. The number of nitrogens with zero attached hydrogens (tertiary/aromatic N) is 6. The molecule has 0 radical (unpaired) electrons. The number of allylic oxidation sites excluding steroid dienone is 2. The number of amides is 2. The minimum absolute atomic E-state index is 0.0472. The van der Waals surface area contributed by atoms with E-state index in [1.807, 2.05) is 68.4 Å². The van der Waals surface area contributed by atoms with Gasteiger partial charge in [-0.1, -0.05) is 23.3 Å². The maximum atomic E-state index is 13.7. The number of aliphatic imine (C=N–C) groups is 2. The maximum absolute atomic E-state index is 13.7. The average molecular weight is 913 g/mol. The molecular formula is C49H64N6O9S. The Labute approximate surface area is 388 Å². The lowest BCUT2D eigenvalue weighted by molar-refractivity contribution is -0.117.